The van der Waals surface area contributed by atoms with Crippen molar-refractivity contribution in [1.82, 2.24) is 20.2 Å². The van der Waals surface area contributed by atoms with Crippen molar-refractivity contribution in [3.63, 3.8) is 0 Å². The molecule has 134 valence electrons. The first-order valence-electron chi connectivity index (χ1n) is 8.14. The van der Waals surface area contributed by atoms with Gasteiger partial charge in [0.15, 0.2) is 0 Å². The molecule has 4 aromatic rings. The summed E-state index contributed by atoms with van der Waals surface area (Å²) in [4.78, 5) is 15.9. The second-order valence-corrected chi connectivity index (χ2v) is 6.78. The summed E-state index contributed by atoms with van der Waals surface area (Å²) < 4.78 is 14.8. The van der Waals surface area contributed by atoms with E-state index in [0.29, 0.717) is 23.5 Å². The number of thiophene rings is 1. The molecule has 0 aliphatic carbocycles. The van der Waals surface area contributed by atoms with Crippen LogP contribution in [0.15, 0.2) is 72.4 Å². The monoisotopic (exact) mass is 379 g/mol. The maximum Gasteiger partial charge on any atom is 0.258 e. The highest BCUT2D eigenvalue weighted by atomic mass is 32.1. The van der Waals surface area contributed by atoms with Crippen LogP contribution in [0.1, 0.15) is 15.2 Å². The molecule has 0 atom stereocenters. The molecule has 0 saturated carbocycles. The van der Waals surface area contributed by atoms with Gasteiger partial charge in [0.05, 0.1) is 12.2 Å². The van der Waals surface area contributed by atoms with Crippen LogP contribution in [0.3, 0.4) is 0 Å². The summed E-state index contributed by atoms with van der Waals surface area (Å²) in [6, 6.07) is 16.9. The van der Waals surface area contributed by atoms with Crippen molar-refractivity contribution in [2.75, 3.05) is 4.90 Å². The van der Waals surface area contributed by atoms with E-state index in [2.05, 4.69) is 15.5 Å². The molecule has 0 bridgehead atoms. The number of benzene rings is 2. The van der Waals surface area contributed by atoms with Crippen molar-refractivity contribution in [2.24, 2.45) is 0 Å². The highest BCUT2D eigenvalue weighted by molar-refractivity contribution is 7.09. The standard InChI is InChI=1S/C19H14FN5OS/c20-15-6-8-16(9-7-15)24(12-18-5-2-10-27-18)19(26)14-3-1-4-17(11-14)25-13-21-22-23-25/h1-11,13H,12H2. The molecule has 0 fully saturated rings. The zero-order valence-corrected chi connectivity index (χ0v) is 14.9. The Hall–Kier alpha value is -3.39. The zero-order valence-electron chi connectivity index (χ0n) is 14.1. The fourth-order valence-electron chi connectivity index (χ4n) is 2.68. The minimum atomic E-state index is -0.344. The molecule has 2 heterocycles. The van der Waals surface area contributed by atoms with Crippen LogP contribution in [0, 0.1) is 5.82 Å². The van der Waals surface area contributed by atoms with Gasteiger partial charge in [-0.2, -0.15) is 0 Å². The smallest absolute Gasteiger partial charge is 0.258 e. The van der Waals surface area contributed by atoms with E-state index in [0.717, 1.165) is 4.88 Å². The number of hydrogen-bond acceptors (Lipinski definition) is 5. The molecule has 0 aliphatic rings. The van der Waals surface area contributed by atoms with Gasteiger partial charge in [0, 0.05) is 16.1 Å². The predicted molar refractivity (Wildman–Crippen MR) is 100 cm³/mol. The van der Waals surface area contributed by atoms with Gasteiger partial charge in [-0.3, -0.25) is 4.79 Å². The van der Waals surface area contributed by atoms with E-state index < -0.39 is 0 Å². The van der Waals surface area contributed by atoms with Crippen molar-refractivity contribution >= 4 is 22.9 Å². The van der Waals surface area contributed by atoms with E-state index in [1.54, 1.807) is 46.6 Å². The maximum absolute atomic E-state index is 13.3. The lowest BCUT2D eigenvalue weighted by atomic mass is 10.1. The molecular formula is C19H14FN5OS. The van der Waals surface area contributed by atoms with E-state index in [9.17, 15) is 9.18 Å². The van der Waals surface area contributed by atoms with Crippen LogP contribution in [-0.2, 0) is 6.54 Å². The molecule has 2 aromatic heterocycles. The Labute approximate surface area is 158 Å². The van der Waals surface area contributed by atoms with Crippen molar-refractivity contribution in [3.8, 4) is 5.69 Å². The lowest BCUT2D eigenvalue weighted by Gasteiger charge is -2.22. The number of carbonyl (C=O) groups is 1. The average Bonchev–Trinajstić information content (AvgIpc) is 3.41. The summed E-state index contributed by atoms with van der Waals surface area (Å²) in [5, 5.41) is 13.0. The van der Waals surface area contributed by atoms with Gasteiger partial charge in [-0.15, -0.1) is 16.4 Å². The van der Waals surface area contributed by atoms with Gasteiger partial charge in [-0.1, -0.05) is 12.1 Å². The number of carbonyl (C=O) groups excluding carboxylic acids is 1. The summed E-state index contributed by atoms with van der Waals surface area (Å²) >= 11 is 1.56. The lowest BCUT2D eigenvalue weighted by Crippen LogP contribution is -2.30. The van der Waals surface area contributed by atoms with Crippen LogP contribution in [0.5, 0.6) is 0 Å². The number of hydrogen-bond donors (Lipinski definition) is 0. The number of anilines is 1. The number of rotatable bonds is 5. The third-order valence-electron chi connectivity index (χ3n) is 3.98. The summed E-state index contributed by atoms with van der Waals surface area (Å²) in [7, 11) is 0. The fourth-order valence-corrected chi connectivity index (χ4v) is 3.37. The number of amides is 1. The number of halogens is 1. The first-order valence-corrected chi connectivity index (χ1v) is 9.02. The average molecular weight is 379 g/mol. The van der Waals surface area contributed by atoms with Gasteiger partial charge in [0.2, 0.25) is 0 Å². The highest BCUT2D eigenvalue weighted by Crippen LogP contribution is 2.23. The molecule has 1 amide bonds. The Bertz CT molecular complexity index is 1030. The first kappa shape index (κ1) is 17.0. The SMILES string of the molecule is O=C(c1cccc(-n2cnnn2)c1)N(Cc1cccs1)c1ccc(F)cc1. The third kappa shape index (κ3) is 3.75. The molecule has 0 aliphatic heterocycles. The number of aromatic nitrogens is 4. The second kappa shape index (κ2) is 7.46. The Kier molecular flexibility index (Phi) is 4.71. The van der Waals surface area contributed by atoms with E-state index in [1.807, 2.05) is 23.6 Å². The number of nitrogens with zero attached hydrogens (tertiary/aromatic N) is 5. The summed E-state index contributed by atoms with van der Waals surface area (Å²) in [5.74, 6) is -0.534. The summed E-state index contributed by atoms with van der Waals surface area (Å²) in [6.45, 7) is 0.400. The molecular weight excluding hydrogens is 365 g/mol. The minimum Gasteiger partial charge on any atom is -0.303 e. The van der Waals surface area contributed by atoms with Crippen molar-refractivity contribution < 1.29 is 9.18 Å². The van der Waals surface area contributed by atoms with Gasteiger partial charge in [0.1, 0.15) is 12.1 Å². The maximum atomic E-state index is 13.3. The van der Waals surface area contributed by atoms with Crippen LogP contribution in [-0.4, -0.2) is 26.1 Å². The summed E-state index contributed by atoms with van der Waals surface area (Å²) in [5.41, 5.74) is 1.80. The van der Waals surface area contributed by atoms with Crippen molar-refractivity contribution in [3.05, 3.63) is 88.6 Å². The van der Waals surface area contributed by atoms with Crippen LogP contribution < -0.4 is 4.90 Å². The van der Waals surface area contributed by atoms with Gasteiger partial charge >= 0.3 is 0 Å². The lowest BCUT2D eigenvalue weighted by molar-refractivity contribution is 0.0985. The Morgan fingerprint density at radius 3 is 2.67 bits per heavy atom. The second-order valence-electron chi connectivity index (χ2n) is 5.75. The molecule has 4 rings (SSSR count). The molecule has 0 saturated heterocycles. The Morgan fingerprint density at radius 2 is 1.96 bits per heavy atom. The van der Waals surface area contributed by atoms with Gasteiger partial charge in [-0.05, 0) is 64.3 Å². The van der Waals surface area contributed by atoms with Gasteiger partial charge in [0.25, 0.3) is 5.91 Å². The van der Waals surface area contributed by atoms with Crippen LogP contribution >= 0.6 is 11.3 Å². The molecule has 6 nitrogen and oxygen atoms in total. The zero-order chi connectivity index (χ0) is 18.6. The van der Waals surface area contributed by atoms with Gasteiger partial charge in [-0.25, -0.2) is 9.07 Å². The Morgan fingerprint density at radius 1 is 1.11 bits per heavy atom. The van der Waals surface area contributed by atoms with Crippen LogP contribution in [0.25, 0.3) is 5.69 Å². The molecule has 0 radical (unpaired) electrons. The van der Waals surface area contributed by atoms with Crippen molar-refractivity contribution in [2.45, 2.75) is 6.54 Å². The van der Waals surface area contributed by atoms with Crippen molar-refractivity contribution in [1.29, 1.82) is 0 Å². The molecule has 27 heavy (non-hydrogen) atoms. The first-order chi connectivity index (χ1) is 13.2. The van der Waals surface area contributed by atoms with E-state index in [1.165, 1.54) is 23.1 Å². The molecule has 0 unspecified atom stereocenters. The molecule has 8 heteroatoms. The normalized spacial score (nSPS) is 10.7. The largest absolute Gasteiger partial charge is 0.303 e. The quantitative estimate of drug-likeness (QED) is 0.530. The van der Waals surface area contributed by atoms with E-state index in [4.69, 9.17) is 0 Å². The minimum absolute atomic E-state index is 0.190. The highest BCUT2D eigenvalue weighted by Gasteiger charge is 2.19. The molecule has 2 aromatic carbocycles. The van der Waals surface area contributed by atoms with E-state index in [-0.39, 0.29) is 11.7 Å². The predicted octanol–water partition coefficient (Wildman–Crippen LogP) is 3.71. The third-order valence-corrected chi connectivity index (χ3v) is 4.85. The molecule has 0 N–H and O–H groups in total. The molecule has 0 spiro atoms. The fraction of sp³-hybridized carbons (Fsp3) is 0.0526. The Balaban J connectivity index is 1.70. The van der Waals surface area contributed by atoms with Gasteiger partial charge < -0.3 is 4.90 Å². The van der Waals surface area contributed by atoms with E-state index >= 15 is 0 Å². The van der Waals surface area contributed by atoms with Crippen LogP contribution in [0.2, 0.25) is 0 Å². The number of tetrazole rings is 1. The topological polar surface area (TPSA) is 63.9 Å². The summed E-state index contributed by atoms with van der Waals surface area (Å²) in [6.07, 6.45) is 1.47. The van der Waals surface area contributed by atoms with Crippen LogP contribution in [0.4, 0.5) is 10.1 Å².